The first kappa shape index (κ1) is 12.1. The maximum atomic E-state index is 10.8. The van der Waals surface area contributed by atoms with Crippen LogP contribution in [-0.4, -0.2) is 17.1 Å². The fraction of sp³-hybridized carbons (Fsp3) is 0.308. The van der Waals surface area contributed by atoms with Crippen molar-refractivity contribution in [2.75, 3.05) is 5.32 Å². The van der Waals surface area contributed by atoms with E-state index in [2.05, 4.69) is 18.2 Å². The van der Waals surface area contributed by atoms with Crippen LogP contribution in [0.1, 0.15) is 30.1 Å². The molecular formula is C13H15NO2. The van der Waals surface area contributed by atoms with Crippen LogP contribution < -0.4 is 5.32 Å². The van der Waals surface area contributed by atoms with Crippen molar-refractivity contribution in [2.24, 2.45) is 0 Å². The first-order valence-corrected chi connectivity index (χ1v) is 5.23. The number of rotatable bonds is 5. The molecule has 1 aromatic carbocycles. The Bertz CT molecular complexity index is 407. The molecular weight excluding hydrogens is 202 g/mol. The van der Waals surface area contributed by atoms with Crippen molar-refractivity contribution in [1.82, 2.24) is 0 Å². The number of carboxylic acids is 1. The quantitative estimate of drug-likeness (QED) is 0.745. The Balaban J connectivity index is 2.77. The van der Waals surface area contributed by atoms with Crippen molar-refractivity contribution >= 4 is 11.7 Å². The van der Waals surface area contributed by atoms with Gasteiger partial charge in [-0.25, -0.2) is 4.79 Å². The zero-order valence-corrected chi connectivity index (χ0v) is 9.23. The molecule has 1 unspecified atom stereocenters. The summed E-state index contributed by atoms with van der Waals surface area (Å²) in [7, 11) is 0. The average molecular weight is 217 g/mol. The molecule has 1 atom stereocenters. The molecule has 3 nitrogen and oxygen atoms in total. The molecule has 1 rings (SSSR count). The third-order valence-corrected chi connectivity index (χ3v) is 2.23. The normalized spacial score (nSPS) is 11.5. The summed E-state index contributed by atoms with van der Waals surface area (Å²) in [5.41, 5.74) is 1.01. The number of carbonyl (C=O) groups is 1. The van der Waals surface area contributed by atoms with Gasteiger partial charge in [0.05, 0.1) is 11.6 Å². The van der Waals surface area contributed by atoms with Gasteiger partial charge in [-0.05, 0) is 24.6 Å². The fourth-order valence-corrected chi connectivity index (χ4v) is 1.43. The summed E-state index contributed by atoms with van der Waals surface area (Å²) in [6.07, 6.45) is 7.23. The Morgan fingerprint density at radius 1 is 1.62 bits per heavy atom. The molecule has 2 N–H and O–H groups in total. The van der Waals surface area contributed by atoms with Crippen LogP contribution in [0.5, 0.6) is 0 Å². The van der Waals surface area contributed by atoms with Gasteiger partial charge in [-0.3, -0.25) is 0 Å². The standard InChI is InChI=1S/C13H15NO2/c1-3-6-11(4-2)14-12-8-5-7-10(9-12)13(15)16/h2,5,7-9,11,14H,3,6H2,1H3,(H,15,16). The van der Waals surface area contributed by atoms with E-state index < -0.39 is 5.97 Å². The fourth-order valence-electron chi connectivity index (χ4n) is 1.43. The summed E-state index contributed by atoms with van der Waals surface area (Å²) in [6, 6.07) is 6.60. The minimum Gasteiger partial charge on any atom is -0.478 e. The Morgan fingerprint density at radius 2 is 2.38 bits per heavy atom. The van der Waals surface area contributed by atoms with Gasteiger partial charge in [0.2, 0.25) is 0 Å². The lowest BCUT2D eigenvalue weighted by Crippen LogP contribution is -2.16. The van der Waals surface area contributed by atoms with Crippen LogP contribution in [0.4, 0.5) is 5.69 Å². The maximum absolute atomic E-state index is 10.8. The van der Waals surface area contributed by atoms with Crippen LogP contribution in [-0.2, 0) is 0 Å². The van der Waals surface area contributed by atoms with Crippen molar-refractivity contribution in [2.45, 2.75) is 25.8 Å². The van der Waals surface area contributed by atoms with Crippen molar-refractivity contribution in [3.8, 4) is 12.3 Å². The Kier molecular flexibility index (Phi) is 4.41. The second-order valence-electron chi connectivity index (χ2n) is 3.54. The zero-order chi connectivity index (χ0) is 12.0. The molecule has 3 heteroatoms. The number of terminal acetylenes is 1. The van der Waals surface area contributed by atoms with Gasteiger partial charge in [0.15, 0.2) is 0 Å². The Hall–Kier alpha value is -1.95. The summed E-state index contributed by atoms with van der Waals surface area (Å²) in [5.74, 6) is 1.71. The number of benzene rings is 1. The first-order valence-electron chi connectivity index (χ1n) is 5.23. The van der Waals surface area contributed by atoms with Gasteiger partial charge in [-0.2, -0.15) is 0 Å². The van der Waals surface area contributed by atoms with Crippen LogP contribution in [0, 0.1) is 12.3 Å². The Morgan fingerprint density at radius 3 is 2.94 bits per heavy atom. The van der Waals surface area contributed by atoms with Gasteiger partial charge >= 0.3 is 5.97 Å². The third-order valence-electron chi connectivity index (χ3n) is 2.23. The highest BCUT2D eigenvalue weighted by atomic mass is 16.4. The van der Waals surface area contributed by atoms with Crippen molar-refractivity contribution in [1.29, 1.82) is 0 Å². The molecule has 0 heterocycles. The number of carboxylic acid groups (broad SMARTS) is 1. The van der Waals surface area contributed by atoms with Crippen LogP contribution >= 0.6 is 0 Å². The maximum Gasteiger partial charge on any atom is 0.335 e. The lowest BCUT2D eigenvalue weighted by Gasteiger charge is -2.13. The number of hydrogen-bond donors (Lipinski definition) is 2. The monoisotopic (exact) mass is 217 g/mol. The highest BCUT2D eigenvalue weighted by Crippen LogP contribution is 2.13. The third kappa shape index (κ3) is 3.32. The van der Waals surface area contributed by atoms with Gasteiger partial charge in [-0.15, -0.1) is 6.42 Å². The van der Waals surface area contributed by atoms with E-state index in [9.17, 15) is 4.79 Å². The van der Waals surface area contributed by atoms with Crippen LogP contribution in [0.25, 0.3) is 0 Å². The summed E-state index contributed by atoms with van der Waals surface area (Å²) in [4.78, 5) is 10.8. The summed E-state index contributed by atoms with van der Waals surface area (Å²) < 4.78 is 0. The molecule has 0 fully saturated rings. The minimum absolute atomic E-state index is 0.0472. The summed E-state index contributed by atoms with van der Waals surface area (Å²) in [5, 5.41) is 12.0. The van der Waals surface area contributed by atoms with E-state index in [0.29, 0.717) is 0 Å². The van der Waals surface area contributed by atoms with E-state index >= 15 is 0 Å². The molecule has 0 aliphatic carbocycles. The molecule has 0 amide bonds. The largest absolute Gasteiger partial charge is 0.478 e. The van der Waals surface area contributed by atoms with Crippen molar-refractivity contribution in [3.63, 3.8) is 0 Å². The van der Waals surface area contributed by atoms with E-state index in [1.165, 1.54) is 0 Å². The average Bonchev–Trinajstić information content (AvgIpc) is 2.29. The lowest BCUT2D eigenvalue weighted by atomic mass is 10.1. The predicted octanol–water partition coefficient (Wildman–Crippen LogP) is 2.60. The van der Waals surface area contributed by atoms with Crippen molar-refractivity contribution < 1.29 is 9.90 Å². The van der Waals surface area contributed by atoms with Gasteiger partial charge in [0, 0.05) is 5.69 Å². The molecule has 84 valence electrons. The molecule has 1 aromatic rings. The number of hydrogen-bond acceptors (Lipinski definition) is 2. The molecule has 0 aliphatic heterocycles. The molecule has 0 bridgehead atoms. The first-order chi connectivity index (χ1) is 7.67. The van der Waals surface area contributed by atoms with E-state index in [4.69, 9.17) is 11.5 Å². The minimum atomic E-state index is -0.934. The molecule has 0 spiro atoms. The van der Waals surface area contributed by atoms with Crippen molar-refractivity contribution in [3.05, 3.63) is 29.8 Å². The van der Waals surface area contributed by atoms with Gasteiger partial charge in [-0.1, -0.05) is 25.3 Å². The molecule has 16 heavy (non-hydrogen) atoms. The number of anilines is 1. The van der Waals surface area contributed by atoms with Crippen LogP contribution in [0.2, 0.25) is 0 Å². The molecule has 0 aliphatic rings. The zero-order valence-electron chi connectivity index (χ0n) is 9.23. The second-order valence-corrected chi connectivity index (χ2v) is 3.54. The van der Waals surface area contributed by atoms with Crippen LogP contribution in [0.3, 0.4) is 0 Å². The van der Waals surface area contributed by atoms with E-state index in [-0.39, 0.29) is 11.6 Å². The number of aromatic carboxylic acids is 1. The molecule has 0 radical (unpaired) electrons. The highest BCUT2D eigenvalue weighted by molar-refractivity contribution is 5.88. The van der Waals surface area contributed by atoms with Crippen LogP contribution in [0.15, 0.2) is 24.3 Å². The van der Waals surface area contributed by atoms with E-state index in [0.717, 1.165) is 18.5 Å². The molecule has 0 aromatic heterocycles. The van der Waals surface area contributed by atoms with E-state index in [1.54, 1.807) is 18.2 Å². The predicted molar refractivity (Wildman–Crippen MR) is 64.6 cm³/mol. The number of nitrogens with one attached hydrogen (secondary N) is 1. The highest BCUT2D eigenvalue weighted by Gasteiger charge is 2.06. The topological polar surface area (TPSA) is 49.3 Å². The van der Waals surface area contributed by atoms with Gasteiger partial charge in [0.25, 0.3) is 0 Å². The van der Waals surface area contributed by atoms with E-state index in [1.807, 2.05) is 6.07 Å². The molecule has 0 saturated heterocycles. The lowest BCUT2D eigenvalue weighted by molar-refractivity contribution is 0.0697. The Labute approximate surface area is 95.5 Å². The smallest absolute Gasteiger partial charge is 0.335 e. The summed E-state index contributed by atoms with van der Waals surface area (Å²) >= 11 is 0. The second kappa shape index (κ2) is 5.82. The van der Waals surface area contributed by atoms with Gasteiger partial charge < -0.3 is 10.4 Å². The van der Waals surface area contributed by atoms with Gasteiger partial charge in [0.1, 0.15) is 0 Å². The molecule has 0 saturated carbocycles. The summed E-state index contributed by atoms with van der Waals surface area (Å²) in [6.45, 7) is 2.06. The SMILES string of the molecule is C#CC(CCC)Nc1cccc(C(=O)O)c1.